The van der Waals surface area contributed by atoms with E-state index in [0.717, 1.165) is 4.90 Å². The number of rotatable bonds is 13. The minimum absolute atomic E-state index is 0.0331. The fourth-order valence-electron chi connectivity index (χ4n) is 1.98. The molecular formula is C13H20N4O7. The topological polar surface area (TPSA) is 151 Å². The second kappa shape index (κ2) is 11.4. The van der Waals surface area contributed by atoms with Crippen LogP contribution in [0.3, 0.4) is 0 Å². The Labute approximate surface area is 138 Å². The zero-order chi connectivity index (χ0) is 17.8. The Bertz CT molecular complexity index is 477. The molecule has 1 rings (SSSR count). The zero-order valence-corrected chi connectivity index (χ0v) is 13.1. The number of ether oxygens (including phenoxy) is 3. The molecule has 0 saturated carbocycles. The Kier molecular flexibility index (Phi) is 9.39. The fourth-order valence-corrected chi connectivity index (χ4v) is 1.98. The molecule has 1 atom stereocenters. The Morgan fingerprint density at radius 1 is 1.12 bits per heavy atom. The van der Waals surface area contributed by atoms with Crippen LogP contribution in [0.1, 0.15) is 12.8 Å². The second-order valence-electron chi connectivity index (χ2n) is 4.77. The van der Waals surface area contributed by atoms with Crippen LogP contribution in [0.25, 0.3) is 10.4 Å². The lowest BCUT2D eigenvalue weighted by atomic mass is 10.3. The molecular weight excluding hydrogens is 324 g/mol. The van der Waals surface area contributed by atoms with Crippen LogP contribution in [0.2, 0.25) is 0 Å². The summed E-state index contributed by atoms with van der Waals surface area (Å²) in [5.41, 5.74) is 8.05. The highest BCUT2D eigenvalue weighted by Crippen LogP contribution is 2.16. The van der Waals surface area contributed by atoms with Gasteiger partial charge in [-0.2, -0.15) is 0 Å². The molecule has 0 aromatic carbocycles. The van der Waals surface area contributed by atoms with Crippen molar-refractivity contribution >= 4 is 17.8 Å². The van der Waals surface area contributed by atoms with E-state index < -0.39 is 23.8 Å². The summed E-state index contributed by atoms with van der Waals surface area (Å²) >= 11 is 0. The van der Waals surface area contributed by atoms with Crippen LogP contribution in [-0.2, 0) is 28.6 Å². The van der Waals surface area contributed by atoms with E-state index in [-0.39, 0.29) is 39.2 Å². The summed E-state index contributed by atoms with van der Waals surface area (Å²) < 4.78 is 15.5. The predicted molar refractivity (Wildman–Crippen MR) is 79.0 cm³/mol. The lowest BCUT2D eigenvalue weighted by Crippen LogP contribution is -2.47. The first-order valence-corrected chi connectivity index (χ1v) is 7.39. The highest BCUT2D eigenvalue weighted by molar-refractivity contribution is 6.04. The minimum atomic E-state index is -1.31. The van der Waals surface area contributed by atoms with Crippen molar-refractivity contribution < 1.29 is 33.7 Å². The van der Waals surface area contributed by atoms with Gasteiger partial charge in [-0.3, -0.25) is 14.5 Å². The van der Waals surface area contributed by atoms with Gasteiger partial charge in [-0.15, -0.1) is 0 Å². The molecule has 1 saturated heterocycles. The van der Waals surface area contributed by atoms with Crippen LogP contribution >= 0.6 is 0 Å². The summed E-state index contributed by atoms with van der Waals surface area (Å²) in [5, 5.41) is 12.4. The van der Waals surface area contributed by atoms with Crippen molar-refractivity contribution in [1.29, 1.82) is 0 Å². The highest BCUT2D eigenvalue weighted by atomic mass is 16.5. The molecule has 0 aliphatic carbocycles. The number of carbonyl (C=O) groups excluding carboxylic acids is 2. The molecule has 0 spiro atoms. The summed E-state index contributed by atoms with van der Waals surface area (Å²) in [7, 11) is 0. The molecule has 1 unspecified atom stereocenters. The number of carbonyl (C=O) groups is 3. The Morgan fingerprint density at radius 2 is 1.67 bits per heavy atom. The highest BCUT2D eigenvalue weighted by Gasteiger charge is 2.38. The van der Waals surface area contributed by atoms with E-state index in [1.54, 1.807) is 0 Å². The molecule has 134 valence electrons. The average molecular weight is 344 g/mol. The van der Waals surface area contributed by atoms with Crippen LogP contribution in [-0.4, -0.2) is 80.0 Å². The van der Waals surface area contributed by atoms with Crippen LogP contribution in [0.5, 0.6) is 0 Å². The standard InChI is InChI=1S/C13H20N4O7/c14-16-15-3-4-22-5-6-23-7-8-24-9-10(13(20)21)17-11(18)1-2-12(17)19/h10H,1-9H2,(H,20,21). The smallest absolute Gasteiger partial charge is 0.329 e. The molecule has 1 fully saturated rings. The molecule has 24 heavy (non-hydrogen) atoms. The molecule has 1 N–H and O–H groups in total. The van der Waals surface area contributed by atoms with Gasteiger partial charge < -0.3 is 19.3 Å². The van der Waals surface area contributed by atoms with E-state index >= 15 is 0 Å². The summed E-state index contributed by atoms with van der Waals surface area (Å²) in [4.78, 5) is 37.6. The molecule has 0 radical (unpaired) electrons. The first-order valence-electron chi connectivity index (χ1n) is 7.39. The molecule has 2 amide bonds. The van der Waals surface area contributed by atoms with E-state index in [2.05, 4.69) is 10.0 Å². The van der Waals surface area contributed by atoms with E-state index in [1.165, 1.54) is 0 Å². The number of azide groups is 1. The number of carboxylic acids is 1. The monoisotopic (exact) mass is 344 g/mol. The number of imide groups is 1. The van der Waals surface area contributed by atoms with Gasteiger partial charge in [0.05, 0.1) is 39.6 Å². The van der Waals surface area contributed by atoms with Gasteiger partial charge in [-0.25, -0.2) is 4.79 Å². The van der Waals surface area contributed by atoms with Gasteiger partial charge >= 0.3 is 5.97 Å². The van der Waals surface area contributed by atoms with Crippen LogP contribution in [0.4, 0.5) is 0 Å². The summed E-state index contributed by atoms with van der Waals surface area (Å²) in [6.45, 7) is 1.26. The van der Waals surface area contributed by atoms with Gasteiger partial charge in [0.25, 0.3) is 0 Å². The molecule has 11 heteroatoms. The van der Waals surface area contributed by atoms with Crippen LogP contribution < -0.4 is 0 Å². The van der Waals surface area contributed by atoms with Crippen molar-refractivity contribution in [2.24, 2.45) is 5.11 Å². The number of aliphatic carboxylic acids is 1. The number of likely N-dealkylation sites (tertiary alicyclic amines) is 1. The van der Waals surface area contributed by atoms with Crippen LogP contribution in [0, 0.1) is 0 Å². The third-order valence-electron chi connectivity index (χ3n) is 3.11. The van der Waals surface area contributed by atoms with Crippen molar-refractivity contribution in [2.45, 2.75) is 18.9 Å². The Hall–Kier alpha value is -2.20. The molecule has 1 heterocycles. The van der Waals surface area contributed by atoms with E-state index in [9.17, 15) is 14.4 Å². The van der Waals surface area contributed by atoms with Crippen LogP contribution in [0.15, 0.2) is 5.11 Å². The lowest BCUT2D eigenvalue weighted by Gasteiger charge is -2.22. The summed E-state index contributed by atoms with van der Waals surface area (Å²) in [6, 6.07) is -1.31. The molecule has 0 aromatic rings. The minimum Gasteiger partial charge on any atom is -0.480 e. The van der Waals surface area contributed by atoms with Gasteiger partial charge in [-0.05, 0) is 5.53 Å². The Morgan fingerprint density at radius 3 is 2.21 bits per heavy atom. The molecule has 11 nitrogen and oxygen atoms in total. The third kappa shape index (κ3) is 6.92. The SMILES string of the molecule is [N-]=[N+]=NCCOCCOCCOCC(C(=O)O)N1C(=O)CCC1=O. The third-order valence-corrected chi connectivity index (χ3v) is 3.11. The molecule has 0 bridgehead atoms. The van der Waals surface area contributed by atoms with Gasteiger partial charge in [0, 0.05) is 24.3 Å². The van der Waals surface area contributed by atoms with Crippen molar-refractivity contribution in [3.05, 3.63) is 10.4 Å². The first-order chi connectivity index (χ1) is 11.6. The zero-order valence-electron chi connectivity index (χ0n) is 13.1. The maximum absolute atomic E-state index is 11.6. The van der Waals surface area contributed by atoms with Crippen molar-refractivity contribution in [1.82, 2.24) is 4.90 Å². The quantitative estimate of drug-likeness (QED) is 0.162. The average Bonchev–Trinajstić information content (AvgIpc) is 2.87. The van der Waals surface area contributed by atoms with E-state index in [0.29, 0.717) is 19.8 Å². The Balaban J connectivity index is 2.12. The summed E-state index contributed by atoms with van der Waals surface area (Å²) in [5.74, 6) is -2.27. The van der Waals surface area contributed by atoms with Crippen molar-refractivity contribution in [2.75, 3.05) is 46.2 Å². The number of amides is 2. The number of carboxylic acid groups (broad SMARTS) is 1. The van der Waals surface area contributed by atoms with Crippen molar-refractivity contribution in [3.8, 4) is 0 Å². The van der Waals surface area contributed by atoms with Gasteiger partial charge in [0.1, 0.15) is 0 Å². The number of nitrogens with zero attached hydrogens (tertiary/aromatic N) is 4. The van der Waals surface area contributed by atoms with E-state index in [4.69, 9.17) is 24.8 Å². The number of hydrogen-bond donors (Lipinski definition) is 1. The largest absolute Gasteiger partial charge is 0.480 e. The number of hydrogen-bond acceptors (Lipinski definition) is 7. The fraction of sp³-hybridized carbons (Fsp3) is 0.769. The maximum Gasteiger partial charge on any atom is 0.329 e. The normalized spacial score (nSPS) is 15.4. The molecule has 0 aromatic heterocycles. The van der Waals surface area contributed by atoms with Gasteiger partial charge in [0.15, 0.2) is 6.04 Å². The second-order valence-corrected chi connectivity index (χ2v) is 4.77. The molecule has 1 aliphatic rings. The lowest BCUT2D eigenvalue weighted by molar-refractivity contribution is -0.157. The molecule has 1 aliphatic heterocycles. The summed E-state index contributed by atoms with van der Waals surface area (Å²) in [6.07, 6.45) is 0.0663. The maximum atomic E-state index is 11.6. The first kappa shape index (κ1) is 19.8. The van der Waals surface area contributed by atoms with Crippen molar-refractivity contribution in [3.63, 3.8) is 0 Å². The van der Waals surface area contributed by atoms with E-state index in [1.807, 2.05) is 0 Å². The van der Waals surface area contributed by atoms with Gasteiger partial charge in [-0.1, -0.05) is 5.11 Å². The predicted octanol–water partition coefficient (Wildman–Crippen LogP) is -0.0513. The van der Waals surface area contributed by atoms with Gasteiger partial charge in [0.2, 0.25) is 11.8 Å².